The second-order valence-electron chi connectivity index (χ2n) is 4.39. The number of nitrogens with zero attached hydrogens (tertiary/aromatic N) is 2. The molecule has 0 aliphatic heterocycles. The molecule has 0 atom stereocenters. The van der Waals surface area contributed by atoms with Crippen LogP contribution in [0.2, 0.25) is 0 Å². The number of carbonyl (C=O) groups excluding carboxylic acids is 1. The Kier molecular flexibility index (Phi) is 2.82. The Morgan fingerprint density at radius 2 is 2.00 bits per heavy atom. The van der Waals surface area contributed by atoms with Gasteiger partial charge in [-0.1, -0.05) is 6.07 Å². The fourth-order valence-corrected chi connectivity index (χ4v) is 2.04. The third-order valence-electron chi connectivity index (χ3n) is 2.99. The highest BCUT2D eigenvalue weighted by atomic mass is 16.2. The summed E-state index contributed by atoms with van der Waals surface area (Å²) in [6.45, 7) is 0. The van der Waals surface area contributed by atoms with Gasteiger partial charge in [-0.05, 0) is 18.2 Å². The number of primary amides is 1. The maximum Gasteiger partial charge on any atom is 0.263 e. The highest BCUT2D eigenvalue weighted by molar-refractivity contribution is 6.00. The Labute approximate surface area is 104 Å². The van der Waals surface area contributed by atoms with Gasteiger partial charge in [-0.25, -0.2) is 0 Å². The molecule has 2 N–H and O–H groups in total. The number of hydrogen-bond acceptors (Lipinski definition) is 3. The van der Waals surface area contributed by atoms with Crippen LogP contribution >= 0.6 is 0 Å². The lowest BCUT2D eigenvalue weighted by molar-refractivity contribution is 0.0998. The van der Waals surface area contributed by atoms with Gasteiger partial charge in [-0.3, -0.25) is 9.59 Å². The Hall–Kier alpha value is -2.30. The molecule has 94 valence electrons. The van der Waals surface area contributed by atoms with Crippen molar-refractivity contribution in [3.63, 3.8) is 0 Å². The molecule has 0 unspecified atom stereocenters. The van der Waals surface area contributed by atoms with Gasteiger partial charge in [0.05, 0.1) is 5.52 Å². The van der Waals surface area contributed by atoms with Crippen molar-refractivity contribution in [3.8, 4) is 0 Å². The predicted octanol–water partition coefficient (Wildman–Crippen LogP) is 0.703. The molecule has 18 heavy (non-hydrogen) atoms. The zero-order valence-electron chi connectivity index (χ0n) is 10.6. The van der Waals surface area contributed by atoms with Crippen LogP contribution in [0, 0.1) is 0 Å². The minimum Gasteiger partial charge on any atom is -0.377 e. The van der Waals surface area contributed by atoms with Crippen molar-refractivity contribution in [2.75, 3.05) is 19.0 Å². The van der Waals surface area contributed by atoms with Crippen LogP contribution in [0.5, 0.6) is 0 Å². The number of pyridine rings is 1. The standard InChI is InChI=1S/C13H15N3O2/c1-15(2)10-5-4-6-11-8(10)7-9(12(14)17)13(18)16(11)3/h4-7H,1-3H3,(H2,14,17). The molecule has 0 saturated heterocycles. The summed E-state index contributed by atoms with van der Waals surface area (Å²) in [5, 5.41) is 0.832. The van der Waals surface area contributed by atoms with E-state index in [1.54, 1.807) is 13.1 Å². The number of rotatable bonds is 2. The highest BCUT2D eigenvalue weighted by Gasteiger charge is 2.13. The second kappa shape index (κ2) is 4.18. The summed E-state index contributed by atoms with van der Waals surface area (Å²) in [5.41, 5.74) is 6.59. The lowest BCUT2D eigenvalue weighted by atomic mass is 10.1. The van der Waals surface area contributed by atoms with Crippen molar-refractivity contribution < 1.29 is 4.79 Å². The van der Waals surface area contributed by atoms with Crippen molar-refractivity contribution in [1.82, 2.24) is 4.57 Å². The van der Waals surface area contributed by atoms with E-state index in [0.717, 1.165) is 16.6 Å². The minimum atomic E-state index is -0.703. The van der Waals surface area contributed by atoms with Gasteiger partial charge < -0.3 is 15.2 Å². The Balaban J connectivity index is 2.96. The van der Waals surface area contributed by atoms with E-state index in [4.69, 9.17) is 5.73 Å². The first-order chi connectivity index (χ1) is 8.43. The van der Waals surface area contributed by atoms with Crippen molar-refractivity contribution >= 4 is 22.5 Å². The quantitative estimate of drug-likeness (QED) is 0.847. The first kappa shape index (κ1) is 12.2. The topological polar surface area (TPSA) is 68.3 Å². The summed E-state index contributed by atoms with van der Waals surface area (Å²) in [6, 6.07) is 7.21. The third-order valence-corrected chi connectivity index (χ3v) is 2.99. The first-order valence-electron chi connectivity index (χ1n) is 5.53. The minimum absolute atomic E-state index is 0.0132. The van der Waals surface area contributed by atoms with Crippen LogP contribution in [0.15, 0.2) is 29.1 Å². The van der Waals surface area contributed by atoms with Crippen LogP contribution in [0.4, 0.5) is 5.69 Å². The van der Waals surface area contributed by atoms with Crippen LogP contribution in [0.3, 0.4) is 0 Å². The number of nitrogens with two attached hydrogens (primary N) is 1. The summed E-state index contributed by atoms with van der Waals surface area (Å²) >= 11 is 0. The molecular formula is C13H15N3O2. The number of hydrogen-bond donors (Lipinski definition) is 1. The summed E-state index contributed by atoms with van der Waals surface area (Å²) in [6.07, 6.45) is 0. The molecule has 0 radical (unpaired) electrons. The molecule has 2 rings (SSSR count). The molecule has 5 nitrogen and oxygen atoms in total. The molecule has 1 amide bonds. The van der Waals surface area contributed by atoms with E-state index in [0.29, 0.717) is 0 Å². The molecule has 5 heteroatoms. The molecule has 0 aliphatic carbocycles. The smallest absolute Gasteiger partial charge is 0.263 e. The molecule has 0 fully saturated rings. The SMILES string of the molecule is CN(C)c1cccc2c1cc(C(N)=O)c(=O)n2C. The van der Waals surface area contributed by atoms with E-state index in [1.165, 1.54) is 4.57 Å². The Bertz CT molecular complexity index is 686. The average Bonchev–Trinajstić information content (AvgIpc) is 2.32. The zero-order valence-corrected chi connectivity index (χ0v) is 10.6. The third kappa shape index (κ3) is 1.73. The van der Waals surface area contributed by atoms with Crippen molar-refractivity contribution in [2.45, 2.75) is 0 Å². The second-order valence-corrected chi connectivity index (χ2v) is 4.39. The molecule has 1 aromatic heterocycles. The number of carbonyl (C=O) groups is 1. The normalized spacial score (nSPS) is 10.6. The van der Waals surface area contributed by atoms with E-state index in [2.05, 4.69) is 0 Å². The lowest BCUT2D eigenvalue weighted by Gasteiger charge is -2.17. The molecule has 0 bridgehead atoms. The fraction of sp³-hybridized carbons (Fsp3) is 0.231. The van der Waals surface area contributed by atoms with Gasteiger partial charge in [0.15, 0.2) is 0 Å². The number of amides is 1. The predicted molar refractivity (Wildman–Crippen MR) is 72.0 cm³/mol. The van der Waals surface area contributed by atoms with Gasteiger partial charge in [0.25, 0.3) is 11.5 Å². The van der Waals surface area contributed by atoms with Crippen LogP contribution in [-0.2, 0) is 7.05 Å². The van der Waals surface area contributed by atoms with E-state index < -0.39 is 5.91 Å². The molecule has 2 aromatic rings. The number of anilines is 1. The zero-order chi connectivity index (χ0) is 13.4. The van der Waals surface area contributed by atoms with E-state index in [1.807, 2.05) is 37.2 Å². The molecular weight excluding hydrogens is 230 g/mol. The maximum atomic E-state index is 12.0. The first-order valence-corrected chi connectivity index (χ1v) is 5.53. The van der Waals surface area contributed by atoms with Crippen LogP contribution in [0.25, 0.3) is 10.9 Å². The molecule has 0 spiro atoms. The number of aromatic nitrogens is 1. The summed E-state index contributed by atoms with van der Waals surface area (Å²) in [5.74, 6) is -0.703. The van der Waals surface area contributed by atoms with Gasteiger partial charge in [0.2, 0.25) is 0 Å². The van der Waals surface area contributed by atoms with Crippen LogP contribution < -0.4 is 16.2 Å². The fourth-order valence-electron chi connectivity index (χ4n) is 2.04. The van der Waals surface area contributed by atoms with Crippen molar-refractivity contribution in [3.05, 3.63) is 40.2 Å². The lowest BCUT2D eigenvalue weighted by Crippen LogP contribution is -2.28. The molecule has 0 aliphatic rings. The number of aryl methyl sites for hydroxylation is 1. The van der Waals surface area contributed by atoms with Gasteiger partial charge in [-0.2, -0.15) is 0 Å². The van der Waals surface area contributed by atoms with E-state index in [9.17, 15) is 9.59 Å². The number of benzene rings is 1. The van der Waals surface area contributed by atoms with E-state index >= 15 is 0 Å². The molecule has 1 aromatic carbocycles. The van der Waals surface area contributed by atoms with Gasteiger partial charge >= 0.3 is 0 Å². The van der Waals surface area contributed by atoms with Crippen molar-refractivity contribution in [1.29, 1.82) is 0 Å². The molecule has 1 heterocycles. The van der Waals surface area contributed by atoms with Gasteiger partial charge in [0, 0.05) is 32.2 Å². The largest absolute Gasteiger partial charge is 0.377 e. The van der Waals surface area contributed by atoms with Crippen molar-refractivity contribution in [2.24, 2.45) is 12.8 Å². The number of fused-ring (bicyclic) bond motifs is 1. The Morgan fingerprint density at radius 1 is 1.33 bits per heavy atom. The maximum absolute atomic E-state index is 12.0. The highest BCUT2D eigenvalue weighted by Crippen LogP contribution is 2.24. The van der Waals surface area contributed by atoms with E-state index in [-0.39, 0.29) is 11.1 Å². The molecule has 0 saturated carbocycles. The Morgan fingerprint density at radius 3 is 2.56 bits per heavy atom. The van der Waals surface area contributed by atoms with Crippen LogP contribution in [-0.4, -0.2) is 24.6 Å². The summed E-state index contributed by atoms with van der Waals surface area (Å²) in [7, 11) is 5.45. The average molecular weight is 245 g/mol. The van der Waals surface area contributed by atoms with Gasteiger partial charge in [-0.15, -0.1) is 0 Å². The van der Waals surface area contributed by atoms with Crippen LogP contribution in [0.1, 0.15) is 10.4 Å². The van der Waals surface area contributed by atoms with Gasteiger partial charge in [0.1, 0.15) is 5.56 Å². The monoisotopic (exact) mass is 245 g/mol. The summed E-state index contributed by atoms with van der Waals surface area (Å²) in [4.78, 5) is 25.2. The summed E-state index contributed by atoms with van der Waals surface area (Å²) < 4.78 is 1.45.